The van der Waals surface area contributed by atoms with Gasteiger partial charge in [0, 0.05) is 21.9 Å². The van der Waals surface area contributed by atoms with Gasteiger partial charge in [0.25, 0.3) is 0 Å². The molecule has 1 heterocycles. The van der Waals surface area contributed by atoms with Crippen LogP contribution in [0.4, 0.5) is 0 Å². The zero-order valence-corrected chi connectivity index (χ0v) is 26.6. The molecular formula is C48H28O. The van der Waals surface area contributed by atoms with Crippen LogP contribution in [0.15, 0.2) is 170 Å². The third-order valence-corrected chi connectivity index (χ3v) is 10.6. The van der Waals surface area contributed by atoms with E-state index < -0.39 is 0 Å². The highest BCUT2D eigenvalue weighted by Gasteiger charge is 2.25. The maximum Gasteiger partial charge on any atom is 0.143 e. The van der Waals surface area contributed by atoms with Crippen LogP contribution in [-0.2, 0) is 0 Å². The first-order chi connectivity index (χ1) is 24.3. The van der Waals surface area contributed by atoms with Gasteiger partial charge in [-0.3, -0.25) is 0 Å². The average molecular weight is 621 g/mol. The monoisotopic (exact) mass is 620 g/mol. The third kappa shape index (κ3) is 3.87. The second kappa shape index (κ2) is 10.0. The summed E-state index contributed by atoms with van der Waals surface area (Å²) in [5, 5.41) is 12.4. The minimum Gasteiger partial charge on any atom is -0.455 e. The summed E-state index contributed by atoms with van der Waals surface area (Å²) < 4.78 is 7.09. The van der Waals surface area contributed by atoms with Crippen LogP contribution in [-0.4, -0.2) is 0 Å². The molecule has 10 aromatic carbocycles. The van der Waals surface area contributed by atoms with Gasteiger partial charge in [0.2, 0.25) is 0 Å². The van der Waals surface area contributed by atoms with E-state index in [1.807, 2.05) is 0 Å². The molecule has 1 heteroatoms. The lowest BCUT2D eigenvalue weighted by molar-refractivity contribution is 0.494. The Morgan fingerprint density at radius 2 is 0.837 bits per heavy atom. The van der Waals surface area contributed by atoms with Crippen LogP contribution in [0.25, 0.3) is 98.4 Å². The summed E-state index contributed by atoms with van der Waals surface area (Å²) in [5.74, 6) is 1.85. The first-order valence-corrected chi connectivity index (χ1v) is 16.9. The lowest BCUT2D eigenvalue weighted by atomic mass is 9.86. The molecule has 0 atom stereocenters. The van der Waals surface area contributed by atoms with Gasteiger partial charge in [-0.05, 0) is 107 Å². The molecule has 10 aromatic rings. The molecule has 226 valence electrons. The van der Waals surface area contributed by atoms with Gasteiger partial charge in [-0.1, -0.05) is 140 Å². The minimum absolute atomic E-state index is 0.920. The Hall–Kier alpha value is -6.44. The predicted molar refractivity (Wildman–Crippen MR) is 207 cm³/mol. The smallest absolute Gasteiger partial charge is 0.143 e. The molecular weight excluding hydrogens is 593 g/mol. The number of rotatable bonds is 3. The molecule has 0 saturated carbocycles. The van der Waals surface area contributed by atoms with Gasteiger partial charge in [0.15, 0.2) is 0 Å². The molecule has 0 fully saturated rings. The predicted octanol–water partition coefficient (Wildman–Crippen LogP) is 13.7. The van der Waals surface area contributed by atoms with Crippen molar-refractivity contribution in [3.8, 4) is 56.0 Å². The second-order valence-electron chi connectivity index (χ2n) is 13.2. The van der Waals surface area contributed by atoms with E-state index in [0.717, 1.165) is 39.0 Å². The van der Waals surface area contributed by atoms with E-state index in [1.165, 1.54) is 70.9 Å². The molecule has 0 N–H and O–H groups in total. The van der Waals surface area contributed by atoms with Crippen molar-refractivity contribution >= 4 is 53.9 Å². The number of hydrogen-bond donors (Lipinski definition) is 0. The van der Waals surface area contributed by atoms with Gasteiger partial charge in [0.1, 0.15) is 11.5 Å². The number of benzene rings is 10. The molecule has 0 amide bonds. The Morgan fingerprint density at radius 3 is 1.67 bits per heavy atom. The normalized spacial score (nSPS) is 12.2. The lowest BCUT2D eigenvalue weighted by Crippen LogP contribution is -2.00. The van der Waals surface area contributed by atoms with Crippen LogP contribution in [0.2, 0.25) is 0 Å². The van der Waals surface area contributed by atoms with Crippen LogP contribution in [0.1, 0.15) is 0 Å². The first kappa shape index (κ1) is 26.6. The van der Waals surface area contributed by atoms with E-state index in [2.05, 4.69) is 170 Å². The minimum atomic E-state index is 0.920. The Morgan fingerprint density at radius 1 is 0.265 bits per heavy atom. The SMILES string of the molecule is c1ccc(-c2cc(-c3ccc4cccc5c4c3Oc3c-5ccc4ccccc34)cc(-c3ccc4ccc5cccc6ccc3c4c56)c2)cc1. The van der Waals surface area contributed by atoms with E-state index >= 15 is 0 Å². The topological polar surface area (TPSA) is 9.23 Å². The molecule has 0 spiro atoms. The number of hydrogen-bond acceptors (Lipinski definition) is 1. The first-order valence-electron chi connectivity index (χ1n) is 16.9. The zero-order chi connectivity index (χ0) is 32.1. The van der Waals surface area contributed by atoms with Gasteiger partial charge in [-0.25, -0.2) is 0 Å². The van der Waals surface area contributed by atoms with Crippen LogP contribution in [0.5, 0.6) is 11.5 Å². The fraction of sp³-hybridized carbons (Fsp3) is 0. The van der Waals surface area contributed by atoms with E-state index in [-0.39, 0.29) is 0 Å². The van der Waals surface area contributed by atoms with Crippen LogP contribution < -0.4 is 4.74 Å². The summed E-state index contributed by atoms with van der Waals surface area (Å²) in [6.45, 7) is 0. The Bertz CT molecular complexity index is 2940. The van der Waals surface area contributed by atoms with Crippen molar-refractivity contribution in [1.82, 2.24) is 0 Å². The summed E-state index contributed by atoms with van der Waals surface area (Å²) in [4.78, 5) is 0. The Labute approximate surface area is 283 Å². The highest BCUT2D eigenvalue weighted by molar-refractivity contribution is 6.25. The fourth-order valence-electron chi connectivity index (χ4n) is 8.29. The highest BCUT2D eigenvalue weighted by Crippen LogP contribution is 2.53. The molecule has 0 bridgehead atoms. The van der Waals surface area contributed by atoms with Gasteiger partial charge in [-0.15, -0.1) is 0 Å². The molecule has 0 unspecified atom stereocenters. The van der Waals surface area contributed by atoms with Crippen molar-refractivity contribution in [1.29, 1.82) is 0 Å². The number of fused-ring (bicyclic) bond motifs is 4. The average Bonchev–Trinajstić information content (AvgIpc) is 3.17. The van der Waals surface area contributed by atoms with E-state index in [4.69, 9.17) is 4.74 Å². The van der Waals surface area contributed by atoms with Crippen molar-refractivity contribution in [2.75, 3.05) is 0 Å². The van der Waals surface area contributed by atoms with Crippen molar-refractivity contribution in [3.63, 3.8) is 0 Å². The molecule has 1 aliphatic rings. The van der Waals surface area contributed by atoms with Crippen LogP contribution in [0, 0.1) is 0 Å². The summed E-state index contributed by atoms with van der Waals surface area (Å²) in [7, 11) is 0. The van der Waals surface area contributed by atoms with Crippen molar-refractivity contribution < 1.29 is 4.74 Å². The van der Waals surface area contributed by atoms with E-state index in [0.29, 0.717) is 0 Å². The molecule has 0 saturated heterocycles. The highest BCUT2D eigenvalue weighted by atomic mass is 16.5. The van der Waals surface area contributed by atoms with Gasteiger partial charge in [-0.2, -0.15) is 0 Å². The largest absolute Gasteiger partial charge is 0.455 e. The van der Waals surface area contributed by atoms with Crippen molar-refractivity contribution in [2.45, 2.75) is 0 Å². The number of ether oxygens (including phenoxy) is 1. The van der Waals surface area contributed by atoms with Crippen LogP contribution in [0.3, 0.4) is 0 Å². The maximum atomic E-state index is 7.09. The molecule has 0 radical (unpaired) electrons. The standard InChI is InChI=1S/C48H28O/c1-2-8-29(9-3-1)35-26-36(38-22-19-34-17-16-31-11-6-12-32-21-24-42(38)45(34)44(31)32)28-37(27-35)40-23-20-33-13-7-15-41-43-25-18-30-10-4-5-14-39(30)47(43)49-48(40)46(33)41/h1-28H. The van der Waals surface area contributed by atoms with Crippen molar-refractivity contribution in [2.24, 2.45) is 0 Å². The summed E-state index contributed by atoms with van der Waals surface area (Å²) in [5.41, 5.74) is 9.38. The maximum absolute atomic E-state index is 7.09. The molecule has 49 heavy (non-hydrogen) atoms. The van der Waals surface area contributed by atoms with Gasteiger partial charge in [0.05, 0.1) is 0 Å². The zero-order valence-electron chi connectivity index (χ0n) is 26.6. The third-order valence-electron chi connectivity index (χ3n) is 10.6. The molecule has 11 rings (SSSR count). The molecule has 0 aromatic heterocycles. The van der Waals surface area contributed by atoms with Crippen LogP contribution >= 0.6 is 0 Å². The molecule has 1 nitrogen and oxygen atoms in total. The quantitative estimate of drug-likeness (QED) is 0.179. The summed E-state index contributed by atoms with van der Waals surface area (Å²) >= 11 is 0. The van der Waals surface area contributed by atoms with E-state index in [9.17, 15) is 0 Å². The summed E-state index contributed by atoms with van der Waals surface area (Å²) in [6, 6.07) is 62.1. The molecule has 1 aliphatic heterocycles. The fourth-order valence-corrected chi connectivity index (χ4v) is 8.29. The Kier molecular flexibility index (Phi) is 5.45. The van der Waals surface area contributed by atoms with Gasteiger partial charge >= 0.3 is 0 Å². The lowest BCUT2D eigenvalue weighted by Gasteiger charge is -2.25. The van der Waals surface area contributed by atoms with Crippen molar-refractivity contribution in [3.05, 3.63) is 170 Å². The summed E-state index contributed by atoms with van der Waals surface area (Å²) in [6.07, 6.45) is 0. The second-order valence-corrected chi connectivity index (χ2v) is 13.2. The Balaban J connectivity index is 1.20. The molecule has 0 aliphatic carbocycles. The van der Waals surface area contributed by atoms with E-state index in [1.54, 1.807) is 0 Å². The van der Waals surface area contributed by atoms with Gasteiger partial charge < -0.3 is 4.74 Å².